The predicted molar refractivity (Wildman–Crippen MR) is 172 cm³/mol. The molecule has 0 spiro atoms. The van der Waals surface area contributed by atoms with Gasteiger partial charge in [0.2, 0.25) is 0 Å². The van der Waals surface area contributed by atoms with Gasteiger partial charge in [-0.3, -0.25) is 0 Å². The molecule has 1 heterocycles. The first-order chi connectivity index (χ1) is 20.3. The Bertz CT molecular complexity index is 2280. The van der Waals surface area contributed by atoms with Crippen molar-refractivity contribution >= 4 is 32.7 Å². The van der Waals surface area contributed by atoms with E-state index in [4.69, 9.17) is 4.42 Å². The molecular weight excluding hydrogens is 496 g/mol. The molecule has 0 N–H and O–H groups in total. The van der Waals surface area contributed by atoms with Crippen LogP contribution in [0.3, 0.4) is 0 Å². The predicted octanol–water partition coefficient (Wildman–Crippen LogP) is 11.4. The number of fused-ring (bicyclic) bond motifs is 6. The highest BCUT2D eigenvalue weighted by atomic mass is 16.3. The van der Waals surface area contributed by atoms with Crippen molar-refractivity contribution in [1.29, 1.82) is 0 Å². The number of hydrogen-bond acceptors (Lipinski definition) is 1. The zero-order valence-corrected chi connectivity index (χ0v) is 22.3. The Hall–Kier alpha value is -5.40. The zero-order valence-electron chi connectivity index (χ0n) is 22.3. The van der Waals surface area contributed by atoms with Gasteiger partial charge in [-0.05, 0) is 90.7 Å². The quantitative estimate of drug-likeness (QED) is 0.226. The fraction of sp³-hybridized carbons (Fsp3) is 0. The van der Waals surface area contributed by atoms with Gasteiger partial charge in [-0.2, -0.15) is 0 Å². The third-order valence-electron chi connectivity index (χ3n) is 8.61. The van der Waals surface area contributed by atoms with Gasteiger partial charge in [0.05, 0.1) is 0 Å². The Kier molecular flexibility index (Phi) is 4.67. The van der Waals surface area contributed by atoms with E-state index in [1.807, 2.05) is 12.1 Å². The molecule has 0 saturated heterocycles. The van der Waals surface area contributed by atoms with Crippen molar-refractivity contribution in [2.24, 2.45) is 0 Å². The third-order valence-corrected chi connectivity index (χ3v) is 8.61. The Morgan fingerprint density at radius 1 is 0.341 bits per heavy atom. The summed E-state index contributed by atoms with van der Waals surface area (Å²) in [5.74, 6) is 0. The molecule has 7 aromatic carbocycles. The summed E-state index contributed by atoms with van der Waals surface area (Å²) < 4.78 is 6.37. The van der Waals surface area contributed by atoms with Crippen LogP contribution in [0, 0.1) is 0 Å². The monoisotopic (exact) mass is 520 g/mol. The van der Waals surface area contributed by atoms with Gasteiger partial charge in [0.1, 0.15) is 11.2 Å². The van der Waals surface area contributed by atoms with Crippen molar-refractivity contribution in [3.05, 3.63) is 146 Å². The van der Waals surface area contributed by atoms with Crippen LogP contribution in [0.15, 0.2) is 150 Å². The van der Waals surface area contributed by atoms with Crippen LogP contribution in [-0.2, 0) is 0 Å². The average molecular weight is 521 g/mol. The normalized spacial score (nSPS) is 11.9. The minimum Gasteiger partial charge on any atom is -0.456 e. The second-order valence-corrected chi connectivity index (χ2v) is 10.8. The summed E-state index contributed by atoms with van der Waals surface area (Å²) >= 11 is 0. The first kappa shape index (κ1) is 22.4. The lowest BCUT2D eigenvalue weighted by Crippen LogP contribution is -1.94. The molecule has 8 aromatic rings. The fourth-order valence-corrected chi connectivity index (χ4v) is 6.86. The molecule has 1 nitrogen and oxygen atoms in total. The summed E-state index contributed by atoms with van der Waals surface area (Å²) in [5.41, 5.74) is 14.4. The molecule has 0 atom stereocenters. The number of para-hydroxylation sites is 1. The standard InChI is InChI=1S/C40H24O/c1-3-11-25(12-4-1)33-24-34(28-21-22-30-29-17-7-8-20-35(29)41-36(30)23-28)38(27-13-5-2-6-14-27)40-32-19-10-16-26-15-9-18-31(37(26)32)39(33)40/h1-24H. The summed E-state index contributed by atoms with van der Waals surface area (Å²) in [7, 11) is 0. The Morgan fingerprint density at radius 3 is 1.76 bits per heavy atom. The van der Waals surface area contributed by atoms with E-state index in [1.165, 1.54) is 60.8 Å². The van der Waals surface area contributed by atoms with E-state index in [-0.39, 0.29) is 0 Å². The Labute approximate surface area is 237 Å². The average Bonchev–Trinajstić information content (AvgIpc) is 3.58. The molecule has 1 aliphatic rings. The molecule has 1 aliphatic carbocycles. The highest BCUT2D eigenvalue weighted by Gasteiger charge is 2.30. The Balaban J connectivity index is 1.45. The summed E-state index contributed by atoms with van der Waals surface area (Å²) in [4.78, 5) is 0. The molecule has 0 aliphatic heterocycles. The topological polar surface area (TPSA) is 13.1 Å². The van der Waals surface area contributed by atoms with E-state index in [1.54, 1.807) is 0 Å². The van der Waals surface area contributed by atoms with Crippen LogP contribution in [0.1, 0.15) is 0 Å². The van der Waals surface area contributed by atoms with Gasteiger partial charge in [0.25, 0.3) is 0 Å². The van der Waals surface area contributed by atoms with Crippen molar-refractivity contribution in [2.75, 3.05) is 0 Å². The van der Waals surface area contributed by atoms with Crippen LogP contribution in [0.4, 0.5) is 0 Å². The first-order valence-electron chi connectivity index (χ1n) is 14.1. The molecule has 0 amide bonds. The van der Waals surface area contributed by atoms with Gasteiger partial charge in [0.15, 0.2) is 0 Å². The van der Waals surface area contributed by atoms with Crippen LogP contribution in [0.5, 0.6) is 0 Å². The van der Waals surface area contributed by atoms with E-state index >= 15 is 0 Å². The maximum atomic E-state index is 6.37. The van der Waals surface area contributed by atoms with Crippen molar-refractivity contribution < 1.29 is 4.42 Å². The second kappa shape index (κ2) is 8.55. The van der Waals surface area contributed by atoms with Gasteiger partial charge in [0, 0.05) is 10.8 Å². The van der Waals surface area contributed by atoms with Crippen LogP contribution < -0.4 is 0 Å². The number of furan rings is 1. The third kappa shape index (κ3) is 3.24. The molecule has 0 radical (unpaired) electrons. The van der Waals surface area contributed by atoms with Crippen molar-refractivity contribution in [1.82, 2.24) is 0 Å². The van der Waals surface area contributed by atoms with Crippen LogP contribution in [0.25, 0.3) is 88.3 Å². The SMILES string of the molecule is c1ccc(-c2cc(-c3ccc4c(c3)oc3ccccc34)c(-c3ccccc3)c3c2-c2cccc4cccc-3c24)cc1. The molecule has 0 fully saturated rings. The number of hydrogen-bond donors (Lipinski definition) is 0. The molecule has 0 bridgehead atoms. The van der Waals surface area contributed by atoms with E-state index in [2.05, 4.69) is 133 Å². The van der Waals surface area contributed by atoms with E-state index in [0.29, 0.717) is 0 Å². The molecule has 41 heavy (non-hydrogen) atoms. The zero-order chi connectivity index (χ0) is 26.9. The number of benzene rings is 7. The smallest absolute Gasteiger partial charge is 0.136 e. The van der Waals surface area contributed by atoms with Crippen LogP contribution in [-0.4, -0.2) is 0 Å². The summed E-state index contributed by atoms with van der Waals surface area (Å²) in [5, 5.41) is 4.91. The summed E-state index contributed by atoms with van der Waals surface area (Å²) in [6.07, 6.45) is 0. The lowest BCUT2D eigenvalue weighted by molar-refractivity contribution is 0.669. The van der Waals surface area contributed by atoms with E-state index < -0.39 is 0 Å². The number of rotatable bonds is 3. The maximum absolute atomic E-state index is 6.37. The molecule has 1 aromatic heterocycles. The van der Waals surface area contributed by atoms with Gasteiger partial charge < -0.3 is 4.42 Å². The molecule has 0 saturated carbocycles. The molecule has 1 heteroatoms. The van der Waals surface area contributed by atoms with Crippen molar-refractivity contribution in [3.63, 3.8) is 0 Å². The lowest BCUT2D eigenvalue weighted by Gasteiger charge is -2.21. The molecule has 9 rings (SSSR count). The van der Waals surface area contributed by atoms with E-state index in [9.17, 15) is 0 Å². The highest BCUT2D eigenvalue weighted by molar-refractivity contribution is 6.23. The highest BCUT2D eigenvalue weighted by Crippen LogP contribution is 2.57. The minimum atomic E-state index is 0.912. The van der Waals surface area contributed by atoms with E-state index in [0.717, 1.165) is 27.5 Å². The van der Waals surface area contributed by atoms with Crippen molar-refractivity contribution in [2.45, 2.75) is 0 Å². The molecule has 0 unspecified atom stereocenters. The fourth-order valence-electron chi connectivity index (χ4n) is 6.86. The van der Waals surface area contributed by atoms with Crippen LogP contribution >= 0.6 is 0 Å². The lowest BCUT2D eigenvalue weighted by atomic mass is 9.82. The Morgan fingerprint density at radius 2 is 0.976 bits per heavy atom. The second-order valence-electron chi connectivity index (χ2n) is 10.8. The van der Waals surface area contributed by atoms with Gasteiger partial charge >= 0.3 is 0 Å². The minimum absolute atomic E-state index is 0.912. The van der Waals surface area contributed by atoms with Crippen LogP contribution in [0.2, 0.25) is 0 Å². The van der Waals surface area contributed by atoms with Crippen molar-refractivity contribution in [3.8, 4) is 55.6 Å². The largest absolute Gasteiger partial charge is 0.456 e. The summed E-state index contributed by atoms with van der Waals surface area (Å²) in [6.45, 7) is 0. The maximum Gasteiger partial charge on any atom is 0.136 e. The first-order valence-corrected chi connectivity index (χ1v) is 14.1. The summed E-state index contributed by atoms with van der Waals surface area (Å²) in [6, 6.07) is 52.5. The van der Waals surface area contributed by atoms with Gasteiger partial charge in [-0.1, -0.05) is 121 Å². The van der Waals surface area contributed by atoms with Gasteiger partial charge in [-0.15, -0.1) is 0 Å². The molecular formula is C40H24O. The van der Waals surface area contributed by atoms with Gasteiger partial charge in [-0.25, -0.2) is 0 Å². The molecule has 190 valence electrons.